The van der Waals surface area contributed by atoms with Crippen LogP contribution < -0.4 is 19.5 Å². The molecule has 0 unspecified atom stereocenters. The van der Waals surface area contributed by atoms with E-state index in [9.17, 15) is 0 Å². The molecule has 1 aromatic rings. The van der Waals surface area contributed by atoms with Crippen LogP contribution in [0, 0.1) is 5.92 Å². The normalized spacial score (nSPS) is 15.2. The van der Waals surface area contributed by atoms with Crippen LogP contribution in [0.3, 0.4) is 0 Å². The molecule has 1 N–H and O–H groups in total. The van der Waals surface area contributed by atoms with Crippen LogP contribution in [-0.4, -0.2) is 27.9 Å². The van der Waals surface area contributed by atoms with Gasteiger partial charge in [0.05, 0.1) is 21.3 Å². The zero-order valence-corrected chi connectivity index (χ0v) is 13.4. The minimum absolute atomic E-state index is 0.662. The van der Waals surface area contributed by atoms with Crippen LogP contribution in [0.5, 0.6) is 17.2 Å². The summed E-state index contributed by atoms with van der Waals surface area (Å²) in [6.07, 6.45) is 6.90. The average molecular weight is 293 g/mol. The highest BCUT2D eigenvalue weighted by atomic mass is 16.5. The Morgan fingerprint density at radius 3 is 2.33 bits per heavy atom. The molecule has 0 saturated heterocycles. The molecule has 2 rings (SSSR count). The number of ether oxygens (including phenoxy) is 3. The van der Waals surface area contributed by atoms with E-state index in [1.54, 1.807) is 21.3 Å². The fourth-order valence-electron chi connectivity index (χ4n) is 3.13. The summed E-state index contributed by atoms with van der Waals surface area (Å²) in [5.41, 5.74) is 1.10. The molecule has 21 heavy (non-hydrogen) atoms. The van der Waals surface area contributed by atoms with Crippen molar-refractivity contribution >= 4 is 0 Å². The van der Waals surface area contributed by atoms with Crippen LogP contribution in [-0.2, 0) is 6.54 Å². The van der Waals surface area contributed by atoms with Crippen LogP contribution in [0.4, 0.5) is 0 Å². The van der Waals surface area contributed by atoms with E-state index in [0.717, 1.165) is 30.3 Å². The summed E-state index contributed by atoms with van der Waals surface area (Å²) in [5, 5.41) is 3.52. The molecular weight excluding hydrogens is 266 g/mol. The van der Waals surface area contributed by atoms with Crippen molar-refractivity contribution in [2.24, 2.45) is 5.92 Å². The Balaban J connectivity index is 1.92. The standard InChI is InChI=1S/C17H27NO3/c1-19-15-9-8-14(16(20-2)17(15)21-3)12-18-11-10-13-6-4-5-7-13/h8-9,13,18H,4-7,10-12H2,1-3H3. The quantitative estimate of drug-likeness (QED) is 0.746. The molecule has 1 saturated carbocycles. The Labute approximate surface area is 127 Å². The van der Waals surface area contributed by atoms with Gasteiger partial charge in [0, 0.05) is 12.1 Å². The molecule has 4 nitrogen and oxygen atoms in total. The van der Waals surface area contributed by atoms with E-state index in [1.165, 1.54) is 32.1 Å². The summed E-state index contributed by atoms with van der Waals surface area (Å²) in [5.74, 6) is 3.04. The molecule has 4 heteroatoms. The molecule has 0 aromatic heterocycles. The number of hydrogen-bond acceptors (Lipinski definition) is 4. The number of methoxy groups -OCH3 is 3. The van der Waals surface area contributed by atoms with Crippen molar-refractivity contribution in [1.82, 2.24) is 5.32 Å². The molecule has 1 aromatic carbocycles. The van der Waals surface area contributed by atoms with Gasteiger partial charge in [-0.25, -0.2) is 0 Å². The lowest BCUT2D eigenvalue weighted by Crippen LogP contribution is -2.17. The number of rotatable bonds is 8. The van der Waals surface area contributed by atoms with E-state index >= 15 is 0 Å². The first-order valence-electron chi connectivity index (χ1n) is 7.78. The van der Waals surface area contributed by atoms with Gasteiger partial charge in [-0.3, -0.25) is 0 Å². The smallest absolute Gasteiger partial charge is 0.203 e. The molecule has 1 aliphatic carbocycles. The van der Waals surface area contributed by atoms with E-state index in [-0.39, 0.29) is 0 Å². The van der Waals surface area contributed by atoms with Gasteiger partial charge in [-0.2, -0.15) is 0 Å². The van der Waals surface area contributed by atoms with Crippen molar-refractivity contribution in [3.8, 4) is 17.2 Å². The van der Waals surface area contributed by atoms with Crippen molar-refractivity contribution in [2.45, 2.75) is 38.6 Å². The molecule has 1 aliphatic rings. The summed E-state index contributed by atoms with van der Waals surface area (Å²) < 4.78 is 16.2. The number of nitrogens with one attached hydrogen (secondary N) is 1. The summed E-state index contributed by atoms with van der Waals surface area (Å²) in [6.45, 7) is 1.85. The first-order chi connectivity index (χ1) is 10.3. The van der Waals surface area contributed by atoms with Crippen LogP contribution >= 0.6 is 0 Å². The Morgan fingerprint density at radius 1 is 1.00 bits per heavy atom. The maximum atomic E-state index is 5.50. The van der Waals surface area contributed by atoms with Gasteiger partial charge in [0.1, 0.15) is 0 Å². The Kier molecular flexibility index (Phi) is 6.18. The molecular formula is C17H27NO3. The molecule has 0 amide bonds. The topological polar surface area (TPSA) is 39.7 Å². The average Bonchev–Trinajstić information content (AvgIpc) is 3.03. The van der Waals surface area contributed by atoms with Gasteiger partial charge >= 0.3 is 0 Å². The molecule has 1 fully saturated rings. The molecule has 118 valence electrons. The van der Waals surface area contributed by atoms with Gasteiger partial charge in [-0.15, -0.1) is 0 Å². The van der Waals surface area contributed by atoms with E-state index in [1.807, 2.05) is 12.1 Å². The minimum Gasteiger partial charge on any atom is -0.493 e. The second kappa shape index (κ2) is 8.13. The van der Waals surface area contributed by atoms with Crippen molar-refractivity contribution in [1.29, 1.82) is 0 Å². The van der Waals surface area contributed by atoms with Crippen molar-refractivity contribution < 1.29 is 14.2 Å². The summed E-state index contributed by atoms with van der Waals surface area (Å²) >= 11 is 0. The largest absolute Gasteiger partial charge is 0.493 e. The summed E-state index contributed by atoms with van der Waals surface area (Å²) in [4.78, 5) is 0. The predicted molar refractivity (Wildman–Crippen MR) is 84.4 cm³/mol. The molecule has 0 atom stereocenters. The van der Waals surface area contributed by atoms with Crippen molar-refractivity contribution in [2.75, 3.05) is 27.9 Å². The van der Waals surface area contributed by atoms with E-state index in [4.69, 9.17) is 14.2 Å². The first-order valence-corrected chi connectivity index (χ1v) is 7.78. The highest BCUT2D eigenvalue weighted by Crippen LogP contribution is 2.39. The maximum Gasteiger partial charge on any atom is 0.203 e. The van der Waals surface area contributed by atoms with E-state index in [2.05, 4.69) is 5.32 Å². The second-order valence-electron chi connectivity index (χ2n) is 5.61. The molecule has 0 heterocycles. The highest BCUT2D eigenvalue weighted by molar-refractivity contribution is 5.55. The fraction of sp³-hybridized carbons (Fsp3) is 0.647. The number of hydrogen-bond donors (Lipinski definition) is 1. The SMILES string of the molecule is COc1ccc(CNCCC2CCCC2)c(OC)c1OC. The zero-order valence-electron chi connectivity index (χ0n) is 13.4. The Hall–Kier alpha value is -1.42. The Bertz CT molecular complexity index is 442. The fourth-order valence-corrected chi connectivity index (χ4v) is 3.13. The summed E-state index contributed by atoms with van der Waals surface area (Å²) in [6, 6.07) is 3.96. The third-order valence-electron chi connectivity index (χ3n) is 4.31. The van der Waals surface area contributed by atoms with Crippen molar-refractivity contribution in [3.05, 3.63) is 17.7 Å². The predicted octanol–water partition coefficient (Wildman–Crippen LogP) is 3.38. The van der Waals surface area contributed by atoms with Gasteiger partial charge < -0.3 is 19.5 Å². The summed E-state index contributed by atoms with van der Waals surface area (Å²) in [7, 11) is 4.94. The van der Waals surface area contributed by atoms with Crippen LogP contribution in [0.15, 0.2) is 12.1 Å². The van der Waals surface area contributed by atoms with Gasteiger partial charge in [-0.05, 0) is 24.9 Å². The lowest BCUT2D eigenvalue weighted by Gasteiger charge is -2.16. The monoisotopic (exact) mass is 293 g/mol. The van der Waals surface area contributed by atoms with Crippen LogP contribution in [0.2, 0.25) is 0 Å². The number of benzene rings is 1. The Morgan fingerprint density at radius 2 is 1.71 bits per heavy atom. The van der Waals surface area contributed by atoms with Crippen molar-refractivity contribution in [3.63, 3.8) is 0 Å². The van der Waals surface area contributed by atoms with Crippen LogP contribution in [0.1, 0.15) is 37.7 Å². The van der Waals surface area contributed by atoms with Gasteiger partial charge in [0.15, 0.2) is 11.5 Å². The van der Waals surface area contributed by atoms with E-state index < -0.39 is 0 Å². The third kappa shape index (κ3) is 4.03. The highest BCUT2D eigenvalue weighted by Gasteiger charge is 2.16. The lowest BCUT2D eigenvalue weighted by atomic mass is 10.0. The maximum absolute atomic E-state index is 5.50. The molecule has 0 bridgehead atoms. The minimum atomic E-state index is 0.662. The molecule has 0 aliphatic heterocycles. The third-order valence-corrected chi connectivity index (χ3v) is 4.31. The second-order valence-corrected chi connectivity index (χ2v) is 5.61. The van der Waals surface area contributed by atoms with Gasteiger partial charge in [0.2, 0.25) is 5.75 Å². The van der Waals surface area contributed by atoms with Gasteiger partial charge in [-0.1, -0.05) is 31.7 Å². The first kappa shape index (κ1) is 16.0. The van der Waals surface area contributed by atoms with Gasteiger partial charge in [0.25, 0.3) is 0 Å². The van der Waals surface area contributed by atoms with Crippen LogP contribution in [0.25, 0.3) is 0 Å². The molecule has 0 spiro atoms. The molecule has 0 radical (unpaired) electrons. The van der Waals surface area contributed by atoms with E-state index in [0.29, 0.717) is 11.5 Å². The lowest BCUT2D eigenvalue weighted by molar-refractivity contribution is 0.321. The zero-order chi connectivity index (χ0) is 15.1.